The Bertz CT molecular complexity index is 621. The van der Waals surface area contributed by atoms with Gasteiger partial charge in [0.1, 0.15) is 9.75 Å². The smallest absolute Gasteiger partial charge is 0.312 e. The van der Waals surface area contributed by atoms with Crippen molar-refractivity contribution in [1.82, 2.24) is 0 Å². The molecule has 10 heteroatoms. The predicted octanol–water partition coefficient (Wildman–Crippen LogP) is 5.27. The van der Waals surface area contributed by atoms with Crippen LogP contribution in [0.4, 0.5) is 0 Å². The maximum atomic E-state index is 12.6. The van der Waals surface area contributed by atoms with Crippen LogP contribution in [0.25, 0.3) is 0 Å². The van der Waals surface area contributed by atoms with Gasteiger partial charge in [0.25, 0.3) is 0 Å². The first-order valence-corrected chi connectivity index (χ1v) is 9.97. The Hall–Kier alpha value is 0.420. The van der Waals surface area contributed by atoms with Gasteiger partial charge in [0, 0.05) is 0 Å². The fourth-order valence-electron chi connectivity index (χ4n) is 3.39. The second-order valence-electron chi connectivity index (χ2n) is 6.15. The van der Waals surface area contributed by atoms with Gasteiger partial charge in [-0.3, -0.25) is 9.59 Å². The fraction of sp³-hybridized carbons (Fsp3) is 0.733. The highest BCUT2D eigenvalue weighted by molar-refractivity contribution is 6.66. The zero-order chi connectivity index (χ0) is 19.2. The van der Waals surface area contributed by atoms with Crippen LogP contribution < -0.4 is 0 Å². The number of carboxylic acid groups (broad SMARTS) is 1. The Morgan fingerprint density at radius 1 is 1.00 bits per heavy atom. The second kappa shape index (κ2) is 7.44. The van der Waals surface area contributed by atoms with E-state index in [1.54, 1.807) is 0 Å². The van der Waals surface area contributed by atoms with E-state index >= 15 is 0 Å². The number of rotatable bonds is 7. The largest absolute Gasteiger partial charge is 0.481 e. The van der Waals surface area contributed by atoms with Gasteiger partial charge >= 0.3 is 11.9 Å². The number of esters is 1. The minimum absolute atomic E-state index is 0.122. The molecular weight excluding hydrogens is 457 g/mol. The number of aliphatic carboxylic acids is 1. The molecule has 2 bridgehead atoms. The maximum Gasteiger partial charge on any atom is 0.312 e. The molecule has 0 aromatic rings. The van der Waals surface area contributed by atoms with Crippen LogP contribution >= 0.6 is 69.6 Å². The van der Waals surface area contributed by atoms with Gasteiger partial charge in [0.2, 0.25) is 0 Å². The highest BCUT2D eigenvalue weighted by Gasteiger charge is 2.85. The third-order valence-corrected chi connectivity index (χ3v) is 8.96. The number of carbonyl (C=O) groups is 2. The molecule has 4 atom stereocenters. The normalized spacial score (nSPS) is 36.0. The van der Waals surface area contributed by atoms with E-state index in [1.165, 1.54) is 0 Å². The van der Waals surface area contributed by atoms with Crippen LogP contribution in [-0.2, 0) is 14.3 Å². The molecule has 0 spiro atoms. The molecule has 0 amide bonds. The van der Waals surface area contributed by atoms with Crippen LogP contribution in [0.5, 0.6) is 0 Å². The first-order valence-electron chi connectivity index (χ1n) is 7.70. The molecule has 0 heterocycles. The summed E-state index contributed by atoms with van der Waals surface area (Å²) in [6, 6.07) is 0. The standard InChI is InChI=1S/C15H16Cl6O4/c1-2-3-4-5-6-25-12(24)8-7(11(22)23)13(18)9(16)10(17)14(8,19)15(13,20)21/h7-8H,2-6H2,1H3,(H,22,23). The molecule has 142 valence electrons. The van der Waals surface area contributed by atoms with Crippen LogP contribution in [0.1, 0.15) is 32.6 Å². The molecule has 1 N–H and O–H groups in total. The number of unbranched alkanes of at least 4 members (excludes halogenated alkanes) is 3. The number of carboxylic acids is 1. The molecule has 4 unspecified atom stereocenters. The average Bonchev–Trinajstić information content (AvgIpc) is 2.74. The number of hydrogen-bond acceptors (Lipinski definition) is 3. The first kappa shape index (κ1) is 21.7. The van der Waals surface area contributed by atoms with Crippen LogP contribution in [0.2, 0.25) is 0 Å². The quantitative estimate of drug-likeness (QED) is 0.311. The van der Waals surface area contributed by atoms with Crippen LogP contribution in [0.3, 0.4) is 0 Å². The van der Waals surface area contributed by atoms with Gasteiger partial charge < -0.3 is 9.84 Å². The van der Waals surface area contributed by atoms with Crippen molar-refractivity contribution in [2.45, 2.75) is 46.7 Å². The second-order valence-corrected chi connectivity index (χ2v) is 9.42. The number of carbonyl (C=O) groups excluding carboxylic acids is 1. The third-order valence-electron chi connectivity index (χ3n) is 4.70. The van der Waals surface area contributed by atoms with Gasteiger partial charge in [-0.2, -0.15) is 0 Å². The summed E-state index contributed by atoms with van der Waals surface area (Å²) in [6.07, 6.45) is 3.54. The summed E-state index contributed by atoms with van der Waals surface area (Å²) in [5.74, 6) is -5.34. The van der Waals surface area contributed by atoms with Crippen LogP contribution in [0, 0.1) is 11.8 Å². The molecule has 1 fully saturated rings. The van der Waals surface area contributed by atoms with Crippen molar-refractivity contribution in [3.63, 3.8) is 0 Å². The Kier molecular flexibility index (Phi) is 6.47. The van der Waals surface area contributed by atoms with E-state index in [9.17, 15) is 14.7 Å². The Morgan fingerprint density at radius 2 is 1.52 bits per heavy atom. The zero-order valence-corrected chi connectivity index (χ0v) is 17.7. The summed E-state index contributed by atoms with van der Waals surface area (Å²) in [5.41, 5.74) is 0. The molecule has 2 aliphatic carbocycles. The minimum atomic E-state index is -2.10. The van der Waals surface area contributed by atoms with Gasteiger partial charge in [-0.05, 0) is 6.42 Å². The molecular formula is C15H16Cl6O4. The SMILES string of the molecule is CCCCCCOC(=O)C1C(C(=O)O)C2(Cl)C(Cl)=C(Cl)C1(Cl)C2(Cl)Cl. The minimum Gasteiger partial charge on any atom is -0.481 e. The first-order chi connectivity index (χ1) is 11.5. The number of halogens is 6. The van der Waals surface area contributed by atoms with Gasteiger partial charge in [0.15, 0.2) is 4.33 Å². The summed E-state index contributed by atoms with van der Waals surface area (Å²) >= 11 is 37.8. The Labute approximate surface area is 175 Å². The molecule has 0 saturated heterocycles. The van der Waals surface area contributed by atoms with Crippen molar-refractivity contribution in [3.05, 3.63) is 10.1 Å². The number of ether oxygens (including phenoxy) is 1. The summed E-state index contributed by atoms with van der Waals surface area (Å²) in [5, 5.41) is 9.12. The lowest BCUT2D eigenvalue weighted by Gasteiger charge is -2.32. The molecule has 2 rings (SSSR count). The Morgan fingerprint density at radius 3 is 2.00 bits per heavy atom. The fourth-order valence-corrected chi connectivity index (χ4v) is 6.31. The highest BCUT2D eigenvalue weighted by Crippen LogP contribution is 2.76. The van der Waals surface area contributed by atoms with Gasteiger partial charge in [-0.1, -0.05) is 72.6 Å². The van der Waals surface area contributed by atoms with E-state index in [2.05, 4.69) is 6.92 Å². The summed E-state index contributed by atoms with van der Waals surface area (Å²) in [4.78, 5) is 20.4. The van der Waals surface area contributed by atoms with Gasteiger partial charge in [0.05, 0.1) is 28.5 Å². The highest BCUT2D eigenvalue weighted by atomic mass is 35.5. The van der Waals surface area contributed by atoms with Crippen molar-refractivity contribution in [1.29, 1.82) is 0 Å². The van der Waals surface area contributed by atoms with Gasteiger partial charge in [-0.25, -0.2) is 0 Å². The summed E-state index contributed by atoms with van der Waals surface area (Å²) in [6.45, 7) is 2.17. The number of hydrogen-bond donors (Lipinski definition) is 1. The lowest BCUT2D eigenvalue weighted by Crippen LogP contribution is -2.46. The molecule has 0 radical (unpaired) electrons. The number of allylic oxidation sites excluding steroid dienone is 2. The van der Waals surface area contributed by atoms with Crippen molar-refractivity contribution < 1.29 is 19.4 Å². The molecule has 0 aliphatic heterocycles. The van der Waals surface area contributed by atoms with E-state index in [0.717, 1.165) is 19.3 Å². The molecule has 2 aliphatic rings. The maximum absolute atomic E-state index is 12.6. The Balaban J connectivity index is 2.34. The zero-order valence-electron chi connectivity index (χ0n) is 13.1. The van der Waals surface area contributed by atoms with E-state index in [4.69, 9.17) is 74.3 Å². The van der Waals surface area contributed by atoms with Crippen LogP contribution in [-0.4, -0.2) is 37.7 Å². The van der Waals surface area contributed by atoms with E-state index < -0.39 is 37.9 Å². The van der Waals surface area contributed by atoms with Crippen molar-refractivity contribution in [2.75, 3.05) is 6.61 Å². The van der Waals surface area contributed by atoms with E-state index in [1.807, 2.05) is 0 Å². The van der Waals surface area contributed by atoms with E-state index in [0.29, 0.717) is 6.42 Å². The van der Waals surface area contributed by atoms with Gasteiger partial charge in [-0.15, -0.1) is 23.2 Å². The van der Waals surface area contributed by atoms with Crippen molar-refractivity contribution in [3.8, 4) is 0 Å². The van der Waals surface area contributed by atoms with Crippen molar-refractivity contribution >= 4 is 81.5 Å². The average molecular weight is 473 g/mol. The number of alkyl halides is 4. The van der Waals surface area contributed by atoms with E-state index in [-0.39, 0.29) is 16.7 Å². The molecule has 25 heavy (non-hydrogen) atoms. The topological polar surface area (TPSA) is 63.6 Å². The molecule has 1 saturated carbocycles. The molecule has 0 aromatic carbocycles. The van der Waals surface area contributed by atoms with Crippen molar-refractivity contribution in [2.24, 2.45) is 11.8 Å². The lowest BCUT2D eigenvalue weighted by atomic mass is 9.82. The summed E-state index contributed by atoms with van der Waals surface area (Å²) in [7, 11) is 0. The lowest BCUT2D eigenvalue weighted by molar-refractivity contribution is -0.157. The monoisotopic (exact) mass is 470 g/mol. The molecule has 4 nitrogen and oxygen atoms in total. The van der Waals surface area contributed by atoms with Crippen LogP contribution in [0.15, 0.2) is 10.1 Å². The number of fused-ring (bicyclic) bond motifs is 2. The summed E-state index contributed by atoms with van der Waals surface area (Å²) < 4.78 is 3.10. The predicted molar refractivity (Wildman–Crippen MR) is 100 cm³/mol. The molecule has 0 aromatic heterocycles. The third kappa shape index (κ3) is 2.87.